The lowest BCUT2D eigenvalue weighted by molar-refractivity contribution is 0.0734. The van der Waals surface area contributed by atoms with E-state index in [9.17, 15) is 4.79 Å². The van der Waals surface area contributed by atoms with Gasteiger partial charge in [-0.05, 0) is 95.7 Å². The predicted octanol–water partition coefficient (Wildman–Crippen LogP) is 12.4. The summed E-state index contributed by atoms with van der Waals surface area (Å²) in [5.74, 6) is 1.75. The average molecular weight is 666 g/mol. The molecule has 0 aliphatic rings. The standard InChI is InChI=1S/C39H53BrO4/c1-4-6-8-10-11-12-13-14-15-17-29-42-35-24-19-32(20-25-35)33-21-26-36(27-22-33)44-39(41)34-23-28-38(37(40)30-34)43-31(3)18-16-9-7-5-2/h19-28,30-31H,4-18,29H2,1-3H3. The molecule has 3 aromatic carbocycles. The number of halogens is 1. The van der Waals surface area contributed by atoms with Crippen molar-refractivity contribution < 1.29 is 19.0 Å². The van der Waals surface area contributed by atoms with Crippen LogP contribution >= 0.6 is 15.9 Å². The Morgan fingerprint density at radius 2 is 1.18 bits per heavy atom. The largest absolute Gasteiger partial charge is 0.494 e. The quantitative estimate of drug-likeness (QED) is 0.0609. The third-order valence-electron chi connectivity index (χ3n) is 7.98. The summed E-state index contributed by atoms with van der Waals surface area (Å²) >= 11 is 3.56. The molecule has 0 aliphatic carbocycles. The normalized spacial score (nSPS) is 11.7. The maximum absolute atomic E-state index is 12.8. The number of carbonyl (C=O) groups is 1. The Bertz CT molecular complexity index is 1210. The highest BCUT2D eigenvalue weighted by Gasteiger charge is 2.14. The summed E-state index contributed by atoms with van der Waals surface area (Å²) in [6.07, 6.45) is 19.3. The van der Waals surface area contributed by atoms with Crippen molar-refractivity contribution in [2.45, 2.75) is 123 Å². The highest BCUT2D eigenvalue weighted by molar-refractivity contribution is 9.10. The number of benzene rings is 3. The number of unbranched alkanes of at least 4 members (excludes halogenated alkanes) is 12. The van der Waals surface area contributed by atoms with Crippen LogP contribution in [0.1, 0.15) is 127 Å². The van der Waals surface area contributed by atoms with Crippen molar-refractivity contribution in [2.75, 3.05) is 6.61 Å². The molecule has 0 N–H and O–H groups in total. The lowest BCUT2D eigenvalue weighted by Crippen LogP contribution is -2.13. The number of ether oxygens (including phenoxy) is 3. The van der Waals surface area contributed by atoms with Gasteiger partial charge in [0, 0.05) is 0 Å². The van der Waals surface area contributed by atoms with Gasteiger partial charge in [0.2, 0.25) is 0 Å². The molecule has 1 atom stereocenters. The van der Waals surface area contributed by atoms with Gasteiger partial charge in [0.1, 0.15) is 17.2 Å². The fourth-order valence-corrected chi connectivity index (χ4v) is 5.73. The van der Waals surface area contributed by atoms with Crippen LogP contribution in [-0.2, 0) is 0 Å². The lowest BCUT2D eigenvalue weighted by atomic mass is 10.1. The van der Waals surface area contributed by atoms with E-state index in [-0.39, 0.29) is 6.10 Å². The molecule has 0 bridgehead atoms. The van der Waals surface area contributed by atoms with Crippen LogP contribution in [0.4, 0.5) is 0 Å². The van der Waals surface area contributed by atoms with Gasteiger partial charge in [-0.25, -0.2) is 4.79 Å². The summed E-state index contributed by atoms with van der Waals surface area (Å²) in [6, 6.07) is 21.1. The van der Waals surface area contributed by atoms with E-state index < -0.39 is 5.97 Å². The Balaban J connectivity index is 1.38. The molecule has 44 heavy (non-hydrogen) atoms. The van der Waals surface area contributed by atoms with E-state index in [2.05, 4.69) is 48.8 Å². The van der Waals surface area contributed by atoms with Crippen molar-refractivity contribution in [1.82, 2.24) is 0 Å². The molecular weight excluding hydrogens is 612 g/mol. The van der Waals surface area contributed by atoms with Gasteiger partial charge in [0.25, 0.3) is 0 Å². The highest BCUT2D eigenvalue weighted by atomic mass is 79.9. The number of carbonyl (C=O) groups excluding carboxylic acids is 1. The molecule has 1 unspecified atom stereocenters. The molecular formula is C39H53BrO4. The number of esters is 1. The molecule has 0 heterocycles. The zero-order valence-electron chi connectivity index (χ0n) is 27.3. The van der Waals surface area contributed by atoms with Crippen LogP contribution in [0, 0.1) is 0 Å². The minimum atomic E-state index is -0.401. The summed E-state index contributed by atoms with van der Waals surface area (Å²) in [6.45, 7) is 7.34. The van der Waals surface area contributed by atoms with Crippen molar-refractivity contribution >= 4 is 21.9 Å². The third kappa shape index (κ3) is 13.5. The minimum absolute atomic E-state index is 0.123. The Morgan fingerprint density at radius 3 is 1.75 bits per heavy atom. The molecule has 0 radical (unpaired) electrons. The monoisotopic (exact) mass is 664 g/mol. The summed E-state index contributed by atoms with van der Waals surface area (Å²) in [5.41, 5.74) is 2.62. The lowest BCUT2D eigenvalue weighted by Gasteiger charge is -2.16. The van der Waals surface area contributed by atoms with Gasteiger partial charge in [-0.1, -0.05) is 115 Å². The van der Waals surface area contributed by atoms with E-state index in [0.717, 1.165) is 53.0 Å². The molecule has 0 spiro atoms. The second kappa shape index (κ2) is 21.0. The van der Waals surface area contributed by atoms with E-state index >= 15 is 0 Å². The topological polar surface area (TPSA) is 44.8 Å². The maximum Gasteiger partial charge on any atom is 0.343 e. The second-order valence-electron chi connectivity index (χ2n) is 11.9. The second-order valence-corrected chi connectivity index (χ2v) is 12.7. The van der Waals surface area contributed by atoms with Crippen molar-refractivity contribution in [3.63, 3.8) is 0 Å². The summed E-state index contributed by atoms with van der Waals surface area (Å²) < 4.78 is 18.4. The minimum Gasteiger partial charge on any atom is -0.494 e. The van der Waals surface area contributed by atoms with Crippen LogP contribution in [-0.4, -0.2) is 18.7 Å². The zero-order valence-corrected chi connectivity index (χ0v) is 28.8. The Hall–Kier alpha value is -2.79. The van der Waals surface area contributed by atoms with Crippen molar-refractivity contribution in [3.05, 3.63) is 76.8 Å². The smallest absolute Gasteiger partial charge is 0.343 e. The van der Waals surface area contributed by atoms with E-state index in [4.69, 9.17) is 14.2 Å². The molecule has 3 aromatic rings. The van der Waals surface area contributed by atoms with Crippen LogP contribution in [0.3, 0.4) is 0 Å². The molecule has 0 saturated carbocycles. The van der Waals surface area contributed by atoms with E-state index in [1.54, 1.807) is 12.1 Å². The summed E-state index contributed by atoms with van der Waals surface area (Å²) in [4.78, 5) is 12.8. The molecule has 0 aliphatic heterocycles. The van der Waals surface area contributed by atoms with Gasteiger partial charge in [-0.15, -0.1) is 0 Å². The van der Waals surface area contributed by atoms with E-state index in [1.807, 2.05) is 42.5 Å². The van der Waals surface area contributed by atoms with E-state index in [1.165, 1.54) is 77.0 Å². The first-order valence-corrected chi connectivity index (χ1v) is 17.8. The summed E-state index contributed by atoms with van der Waals surface area (Å²) in [5, 5.41) is 0. The van der Waals surface area contributed by atoms with Gasteiger partial charge >= 0.3 is 5.97 Å². The Kier molecular flexibility index (Phi) is 17.1. The van der Waals surface area contributed by atoms with Gasteiger partial charge < -0.3 is 14.2 Å². The Morgan fingerprint density at radius 1 is 0.659 bits per heavy atom. The van der Waals surface area contributed by atoms with E-state index in [0.29, 0.717) is 11.3 Å². The maximum atomic E-state index is 12.8. The van der Waals surface area contributed by atoms with Crippen LogP contribution < -0.4 is 14.2 Å². The van der Waals surface area contributed by atoms with Crippen molar-refractivity contribution in [3.8, 4) is 28.4 Å². The molecule has 0 amide bonds. The first-order chi connectivity index (χ1) is 21.5. The molecule has 4 nitrogen and oxygen atoms in total. The molecule has 0 aromatic heterocycles. The number of hydrogen-bond donors (Lipinski definition) is 0. The predicted molar refractivity (Wildman–Crippen MR) is 187 cm³/mol. The highest BCUT2D eigenvalue weighted by Crippen LogP contribution is 2.29. The van der Waals surface area contributed by atoms with Crippen LogP contribution in [0.15, 0.2) is 71.2 Å². The fraction of sp³-hybridized carbons (Fsp3) is 0.513. The SMILES string of the molecule is CCCCCCCCCCCCOc1ccc(-c2ccc(OC(=O)c3ccc(OC(C)CCCCCC)c(Br)c3)cc2)cc1. The van der Waals surface area contributed by atoms with Crippen LogP contribution in [0.2, 0.25) is 0 Å². The van der Waals surface area contributed by atoms with Crippen molar-refractivity contribution in [2.24, 2.45) is 0 Å². The summed E-state index contributed by atoms with van der Waals surface area (Å²) in [7, 11) is 0. The van der Waals surface area contributed by atoms with Gasteiger partial charge in [-0.3, -0.25) is 0 Å². The number of hydrogen-bond acceptors (Lipinski definition) is 4. The van der Waals surface area contributed by atoms with Gasteiger partial charge in [-0.2, -0.15) is 0 Å². The first-order valence-electron chi connectivity index (χ1n) is 17.0. The van der Waals surface area contributed by atoms with Crippen LogP contribution in [0.25, 0.3) is 11.1 Å². The molecule has 240 valence electrons. The van der Waals surface area contributed by atoms with Crippen LogP contribution in [0.5, 0.6) is 17.2 Å². The fourth-order valence-electron chi connectivity index (χ4n) is 5.26. The molecule has 0 fully saturated rings. The average Bonchev–Trinajstić information content (AvgIpc) is 3.03. The first kappa shape index (κ1) is 35.7. The third-order valence-corrected chi connectivity index (χ3v) is 8.60. The number of rotatable bonds is 22. The molecule has 3 rings (SSSR count). The molecule has 0 saturated heterocycles. The zero-order chi connectivity index (χ0) is 31.4. The van der Waals surface area contributed by atoms with Gasteiger partial charge in [0.05, 0.1) is 22.7 Å². The van der Waals surface area contributed by atoms with Gasteiger partial charge in [0.15, 0.2) is 0 Å². The van der Waals surface area contributed by atoms with Crippen molar-refractivity contribution in [1.29, 1.82) is 0 Å². The Labute approximate surface area is 275 Å². The molecule has 5 heteroatoms.